The van der Waals surface area contributed by atoms with E-state index in [1.165, 1.54) is 10.6 Å². The quantitative estimate of drug-likeness (QED) is 0.559. The fraction of sp³-hybridized carbons (Fsp3) is 0.450. The van der Waals surface area contributed by atoms with Gasteiger partial charge in [-0.1, -0.05) is 6.07 Å². The van der Waals surface area contributed by atoms with Gasteiger partial charge in [0.05, 0.1) is 24.0 Å². The summed E-state index contributed by atoms with van der Waals surface area (Å²) in [6.07, 6.45) is 3.60. The van der Waals surface area contributed by atoms with Crippen LogP contribution >= 0.6 is 11.8 Å². The summed E-state index contributed by atoms with van der Waals surface area (Å²) in [7, 11) is -3.40. The van der Waals surface area contributed by atoms with Gasteiger partial charge >= 0.3 is 0 Å². The third-order valence-corrected chi connectivity index (χ3v) is 6.51. The molecule has 1 amide bonds. The molecule has 0 aliphatic heterocycles. The van der Waals surface area contributed by atoms with Gasteiger partial charge in [0.2, 0.25) is 15.9 Å². The SMILES string of the molecule is Cc1ccc(N(CCCC(=O)NCCSCc2ccco2)S(C)(=O)=O)cc1C. The number of nitrogens with one attached hydrogen (secondary N) is 1. The van der Waals surface area contributed by atoms with Crippen LogP contribution in [0.1, 0.15) is 29.7 Å². The molecule has 0 radical (unpaired) electrons. The molecule has 2 rings (SSSR count). The lowest BCUT2D eigenvalue weighted by atomic mass is 10.1. The predicted octanol–water partition coefficient (Wildman–Crippen LogP) is 3.49. The maximum absolute atomic E-state index is 12.2. The number of rotatable bonds is 11. The third-order valence-electron chi connectivity index (χ3n) is 4.34. The number of carbonyl (C=O) groups is 1. The van der Waals surface area contributed by atoms with Crippen molar-refractivity contribution in [2.75, 3.05) is 29.4 Å². The van der Waals surface area contributed by atoms with Crippen molar-refractivity contribution in [3.63, 3.8) is 0 Å². The molecule has 0 fully saturated rings. The van der Waals surface area contributed by atoms with Gasteiger partial charge in [0.25, 0.3) is 0 Å². The van der Waals surface area contributed by atoms with Crippen molar-refractivity contribution in [1.29, 1.82) is 0 Å². The highest BCUT2D eigenvalue weighted by Gasteiger charge is 2.18. The smallest absolute Gasteiger partial charge is 0.232 e. The number of anilines is 1. The minimum Gasteiger partial charge on any atom is -0.468 e. The first-order valence-electron chi connectivity index (χ1n) is 9.19. The summed E-state index contributed by atoms with van der Waals surface area (Å²) >= 11 is 1.69. The number of carbonyl (C=O) groups excluding carboxylic acids is 1. The Morgan fingerprint density at radius 3 is 2.64 bits per heavy atom. The molecule has 0 unspecified atom stereocenters. The van der Waals surface area contributed by atoms with Crippen LogP contribution in [0, 0.1) is 13.8 Å². The maximum Gasteiger partial charge on any atom is 0.232 e. The number of hydrogen-bond donors (Lipinski definition) is 1. The van der Waals surface area contributed by atoms with Gasteiger partial charge in [-0.3, -0.25) is 9.10 Å². The molecule has 28 heavy (non-hydrogen) atoms. The number of benzene rings is 1. The van der Waals surface area contributed by atoms with Crippen LogP contribution in [0.2, 0.25) is 0 Å². The van der Waals surface area contributed by atoms with Gasteiger partial charge in [0.15, 0.2) is 0 Å². The molecule has 2 aromatic rings. The minimum absolute atomic E-state index is 0.0628. The zero-order chi connectivity index (χ0) is 20.6. The van der Waals surface area contributed by atoms with Crippen molar-refractivity contribution in [3.05, 3.63) is 53.5 Å². The Bertz CT molecular complexity index is 864. The van der Waals surface area contributed by atoms with Crippen LogP contribution in [0.3, 0.4) is 0 Å². The number of nitrogens with zero attached hydrogens (tertiary/aromatic N) is 1. The van der Waals surface area contributed by atoms with Crippen LogP contribution in [0.25, 0.3) is 0 Å². The first-order valence-corrected chi connectivity index (χ1v) is 12.2. The number of furan rings is 1. The lowest BCUT2D eigenvalue weighted by Gasteiger charge is -2.23. The van der Waals surface area contributed by atoms with E-state index in [1.54, 1.807) is 24.1 Å². The molecular weight excluding hydrogens is 396 g/mol. The summed E-state index contributed by atoms with van der Waals surface area (Å²) in [5.41, 5.74) is 2.79. The Kier molecular flexibility index (Phi) is 8.44. The molecule has 8 heteroatoms. The third kappa shape index (κ3) is 7.24. The normalized spacial score (nSPS) is 11.4. The molecular formula is C20H28N2O4S2. The zero-order valence-corrected chi connectivity index (χ0v) is 18.2. The number of thioether (sulfide) groups is 1. The van der Waals surface area contributed by atoms with E-state index >= 15 is 0 Å². The van der Waals surface area contributed by atoms with Crippen LogP contribution in [-0.4, -0.2) is 39.4 Å². The molecule has 0 spiro atoms. The van der Waals surface area contributed by atoms with Gasteiger partial charge in [0, 0.05) is 25.3 Å². The molecule has 0 saturated heterocycles. The molecule has 6 nitrogen and oxygen atoms in total. The molecule has 0 bridgehead atoms. The second-order valence-corrected chi connectivity index (χ2v) is 9.70. The summed E-state index contributed by atoms with van der Waals surface area (Å²) in [5.74, 6) is 2.43. The van der Waals surface area contributed by atoms with Gasteiger partial charge < -0.3 is 9.73 Å². The fourth-order valence-electron chi connectivity index (χ4n) is 2.67. The summed E-state index contributed by atoms with van der Waals surface area (Å²) in [4.78, 5) is 12.0. The Morgan fingerprint density at radius 2 is 2.00 bits per heavy atom. The van der Waals surface area contributed by atoms with E-state index in [0.29, 0.717) is 25.1 Å². The second-order valence-electron chi connectivity index (χ2n) is 6.69. The summed E-state index contributed by atoms with van der Waals surface area (Å²) in [5, 5.41) is 2.87. The van der Waals surface area contributed by atoms with E-state index in [4.69, 9.17) is 4.42 Å². The monoisotopic (exact) mass is 424 g/mol. The second kappa shape index (κ2) is 10.6. The van der Waals surface area contributed by atoms with E-state index in [1.807, 2.05) is 38.1 Å². The number of hydrogen-bond acceptors (Lipinski definition) is 5. The van der Waals surface area contributed by atoms with Crippen molar-refractivity contribution in [2.24, 2.45) is 0 Å². The highest BCUT2D eigenvalue weighted by atomic mass is 32.2. The van der Waals surface area contributed by atoms with Crippen molar-refractivity contribution in [3.8, 4) is 0 Å². The zero-order valence-electron chi connectivity index (χ0n) is 16.6. The Labute approximate surface area is 171 Å². The van der Waals surface area contributed by atoms with Crippen molar-refractivity contribution in [1.82, 2.24) is 5.32 Å². The van der Waals surface area contributed by atoms with Crippen molar-refractivity contribution >= 4 is 33.4 Å². The van der Waals surface area contributed by atoms with E-state index in [2.05, 4.69) is 5.32 Å². The first kappa shape index (κ1) is 22.4. The summed E-state index contributed by atoms with van der Waals surface area (Å²) in [6.45, 7) is 4.80. The first-order chi connectivity index (χ1) is 13.3. The van der Waals surface area contributed by atoms with Crippen LogP contribution < -0.4 is 9.62 Å². The molecule has 154 valence electrons. The lowest BCUT2D eigenvalue weighted by Crippen LogP contribution is -2.32. The van der Waals surface area contributed by atoms with E-state index in [-0.39, 0.29) is 12.5 Å². The summed E-state index contributed by atoms with van der Waals surface area (Å²) < 4.78 is 30.9. The minimum atomic E-state index is -3.40. The predicted molar refractivity (Wildman–Crippen MR) is 115 cm³/mol. The topological polar surface area (TPSA) is 79.6 Å². The van der Waals surface area contributed by atoms with Gasteiger partial charge in [-0.15, -0.1) is 0 Å². The van der Waals surface area contributed by atoms with E-state index in [0.717, 1.165) is 28.4 Å². The molecule has 0 saturated carbocycles. The molecule has 1 aromatic carbocycles. The van der Waals surface area contributed by atoms with Crippen LogP contribution in [0.5, 0.6) is 0 Å². The molecule has 0 atom stereocenters. The number of aryl methyl sites for hydroxylation is 2. The highest BCUT2D eigenvalue weighted by molar-refractivity contribution is 7.98. The van der Waals surface area contributed by atoms with Gasteiger partial charge in [-0.2, -0.15) is 11.8 Å². The lowest BCUT2D eigenvalue weighted by molar-refractivity contribution is -0.121. The molecule has 0 aliphatic rings. The van der Waals surface area contributed by atoms with Crippen molar-refractivity contribution in [2.45, 2.75) is 32.4 Å². The Morgan fingerprint density at radius 1 is 1.21 bits per heavy atom. The summed E-state index contributed by atoms with van der Waals surface area (Å²) in [6, 6.07) is 9.37. The average Bonchev–Trinajstić information content (AvgIpc) is 3.13. The van der Waals surface area contributed by atoms with Gasteiger partial charge in [0.1, 0.15) is 5.76 Å². The van der Waals surface area contributed by atoms with Crippen molar-refractivity contribution < 1.29 is 17.6 Å². The van der Waals surface area contributed by atoms with E-state index < -0.39 is 10.0 Å². The highest BCUT2D eigenvalue weighted by Crippen LogP contribution is 2.21. The Balaban J connectivity index is 1.73. The Hall–Kier alpha value is -1.93. The van der Waals surface area contributed by atoms with Crippen LogP contribution in [0.4, 0.5) is 5.69 Å². The fourth-order valence-corrected chi connectivity index (χ4v) is 4.38. The number of amides is 1. The molecule has 1 aromatic heterocycles. The van der Waals surface area contributed by atoms with E-state index in [9.17, 15) is 13.2 Å². The van der Waals surface area contributed by atoms with Crippen LogP contribution in [0.15, 0.2) is 41.0 Å². The molecule has 1 N–H and O–H groups in total. The molecule has 1 heterocycles. The molecule has 0 aliphatic carbocycles. The van der Waals surface area contributed by atoms with Gasteiger partial charge in [-0.25, -0.2) is 8.42 Å². The largest absolute Gasteiger partial charge is 0.468 e. The van der Waals surface area contributed by atoms with Gasteiger partial charge in [-0.05, 0) is 55.7 Å². The number of sulfonamides is 1. The standard InChI is InChI=1S/C20H28N2O4S2/c1-16-8-9-18(14-17(16)2)22(28(3,24)25)11-4-7-20(23)21-10-13-27-15-19-6-5-12-26-19/h5-6,8-9,12,14H,4,7,10-11,13,15H2,1-3H3,(H,21,23). The average molecular weight is 425 g/mol. The maximum atomic E-state index is 12.2. The van der Waals surface area contributed by atoms with Crippen LogP contribution in [-0.2, 0) is 20.6 Å².